The number of ether oxygens (including phenoxy) is 1. The van der Waals surface area contributed by atoms with Crippen molar-refractivity contribution in [3.05, 3.63) is 35.9 Å². The fourth-order valence-corrected chi connectivity index (χ4v) is 2.91. The zero-order valence-electron chi connectivity index (χ0n) is 13.9. The standard InChI is InChI=1S/C17H21F3N2O3/c1-12(23)21-14-7-8-15(17(18,19)20)22(9-14)16(24)11-25-10-13-5-3-2-4-6-13/h2-6,14-15H,7-11H2,1H3,(H,21,23)/t14-,15+/m0/s1. The zero-order chi connectivity index (χ0) is 18.4. The van der Waals surface area contributed by atoms with Crippen LogP contribution in [0.1, 0.15) is 25.3 Å². The Bertz CT molecular complexity index is 593. The van der Waals surface area contributed by atoms with Crippen LogP contribution in [-0.2, 0) is 20.9 Å². The summed E-state index contributed by atoms with van der Waals surface area (Å²) in [5, 5.41) is 2.58. The van der Waals surface area contributed by atoms with Crippen LogP contribution >= 0.6 is 0 Å². The Kier molecular flexibility index (Phi) is 6.41. The number of rotatable bonds is 5. The highest BCUT2D eigenvalue weighted by Gasteiger charge is 2.48. The number of carbonyl (C=O) groups is 2. The number of carbonyl (C=O) groups excluding carboxylic acids is 2. The summed E-state index contributed by atoms with van der Waals surface area (Å²) in [4.78, 5) is 24.2. The highest BCUT2D eigenvalue weighted by atomic mass is 19.4. The van der Waals surface area contributed by atoms with Crippen molar-refractivity contribution >= 4 is 11.8 Å². The SMILES string of the molecule is CC(=O)N[C@H]1CC[C@H](C(F)(F)F)N(C(=O)COCc2ccccc2)C1. The molecule has 1 fully saturated rings. The third-order valence-electron chi connectivity index (χ3n) is 4.02. The van der Waals surface area contributed by atoms with Gasteiger partial charge in [-0.3, -0.25) is 9.59 Å². The highest BCUT2D eigenvalue weighted by Crippen LogP contribution is 2.32. The van der Waals surface area contributed by atoms with Gasteiger partial charge in [-0.1, -0.05) is 30.3 Å². The predicted octanol–water partition coefficient (Wildman–Crippen LogP) is 2.26. The molecular formula is C17H21F3N2O3. The summed E-state index contributed by atoms with van der Waals surface area (Å²) in [5.41, 5.74) is 0.831. The van der Waals surface area contributed by atoms with Crippen LogP contribution in [0.15, 0.2) is 30.3 Å². The van der Waals surface area contributed by atoms with E-state index in [0.29, 0.717) is 0 Å². The van der Waals surface area contributed by atoms with Crippen molar-refractivity contribution in [3.63, 3.8) is 0 Å². The molecule has 0 aromatic heterocycles. The molecule has 25 heavy (non-hydrogen) atoms. The average Bonchev–Trinajstić information content (AvgIpc) is 2.54. The number of nitrogens with zero attached hydrogens (tertiary/aromatic N) is 1. The van der Waals surface area contributed by atoms with E-state index in [0.717, 1.165) is 10.5 Å². The smallest absolute Gasteiger partial charge is 0.367 e. The third-order valence-corrected chi connectivity index (χ3v) is 4.02. The molecule has 138 valence electrons. The number of amides is 2. The zero-order valence-corrected chi connectivity index (χ0v) is 13.9. The molecule has 0 aliphatic carbocycles. The molecule has 1 N–H and O–H groups in total. The molecule has 1 aliphatic heterocycles. The van der Waals surface area contributed by atoms with Crippen LogP contribution in [0.4, 0.5) is 13.2 Å². The number of hydrogen-bond acceptors (Lipinski definition) is 3. The van der Waals surface area contributed by atoms with Crippen LogP contribution in [0.2, 0.25) is 0 Å². The molecule has 1 saturated heterocycles. The molecule has 5 nitrogen and oxygen atoms in total. The number of likely N-dealkylation sites (tertiary alicyclic amines) is 1. The summed E-state index contributed by atoms with van der Waals surface area (Å²) in [6, 6.07) is 6.73. The minimum atomic E-state index is -4.50. The first-order valence-electron chi connectivity index (χ1n) is 8.02. The maximum atomic E-state index is 13.2. The van der Waals surface area contributed by atoms with Crippen LogP contribution in [0, 0.1) is 0 Å². The highest BCUT2D eigenvalue weighted by molar-refractivity contribution is 5.78. The molecule has 1 aliphatic rings. The second-order valence-corrected chi connectivity index (χ2v) is 6.06. The van der Waals surface area contributed by atoms with Gasteiger partial charge in [0.15, 0.2) is 0 Å². The van der Waals surface area contributed by atoms with Crippen molar-refractivity contribution in [3.8, 4) is 0 Å². The van der Waals surface area contributed by atoms with Crippen LogP contribution in [-0.4, -0.2) is 48.1 Å². The van der Waals surface area contributed by atoms with Gasteiger partial charge in [-0.05, 0) is 18.4 Å². The number of nitrogens with one attached hydrogen (secondary N) is 1. The van der Waals surface area contributed by atoms with Gasteiger partial charge in [0.05, 0.1) is 6.61 Å². The van der Waals surface area contributed by atoms with Crippen molar-refractivity contribution < 1.29 is 27.5 Å². The third kappa shape index (κ3) is 5.74. The quantitative estimate of drug-likeness (QED) is 0.878. The molecule has 0 saturated carbocycles. The monoisotopic (exact) mass is 358 g/mol. The molecule has 0 spiro atoms. The fourth-order valence-electron chi connectivity index (χ4n) is 2.91. The number of piperidine rings is 1. The number of benzene rings is 1. The second-order valence-electron chi connectivity index (χ2n) is 6.06. The van der Waals surface area contributed by atoms with Gasteiger partial charge in [-0.2, -0.15) is 13.2 Å². The Morgan fingerprint density at radius 3 is 2.52 bits per heavy atom. The molecule has 2 amide bonds. The van der Waals surface area contributed by atoms with E-state index < -0.39 is 30.8 Å². The van der Waals surface area contributed by atoms with E-state index in [1.807, 2.05) is 18.2 Å². The molecule has 1 aromatic rings. The lowest BCUT2D eigenvalue weighted by molar-refractivity contribution is -0.199. The van der Waals surface area contributed by atoms with E-state index in [1.165, 1.54) is 6.92 Å². The van der Waals surface area contributed by atoms with Gasteiger partial charge in [0.25, 0.3) is 0 Å². The van der Waals surface area contributed by atoms with Crippen LogP contribution in [0.3, 0.4) is 0 Å². The van der Waals surface area contributed by atoms with E-state index in [1.54, 1.807) is 12.1 Å². The Labute approximate surface area is 144 Å². The van der Waals surface area contributed by atoms with Crippen LogP contribution in [0.25, 0.3) is 0 Å². The molecular weight excluding hydrogens is 337 g/mol. The van der Waals surface area contributed by atoms with E-state index in [4.69, 9.17) is 4.74 Å². The minimum Gasteiger partial charge on any atom is -0.367 e. The summed E-state index contributed by atoms with van der Waals surface area (Å²) in [6.07, 6.45) is -4.56. The van der Waals surface area contributed by atoms with Gasteiger partial charge < -0.3 is 15.0 Å². The lowest BCUT2D eigenvalue weighted by Gasteiger charge is -2.40. The summed E-state index contributed by atoms with van der Waals surface area (Å²) in [6.45, 7) is 0.836. The Hall–Kier alpha value is -2.09. The van der Waals surface area contributed by atoms with E-state index in [-0.39, 0.29) is 31.9 Å². The largest absolute Gasteiger partial charge is 0.408 e. The fraction of sp³-hybridized carbons (Fsp3) is 0.529. The molecule has 2 atom stereocenters. The molecule has 2 rings (SSSR count). The Morgan fingerprint density at radius 1 is 1.24 bits per heavy atom. The maximum Gasteiger partial charge on any atom is 0.408 e. The molecule has 0 bridgehead atoms. The lowest BCUT2D eigenvalue weighted by Crippen LogP contribution is -2.58. The summed E-state index contributed by atoms with van der Waals surface area (Å²) in [5.74, 6) is -1.06. The second kappa shape index (κ2) is 8.33. The Morgan fingerprint density at radius 2 is 1.92 bits per heavy atom. The maximum absolute atomic E-state index is 13.2. The van der Waals surface area contributed by atoms with Gasteiger partial charge >= 0.3 is 6.18 Å². The number of hydrogen-bond donors (Lipinski definition) is 1. The van der Waals surface area contributed by atoms with Crippen molar-refractivity contribution in [2.45, 2.75) is 44.6 Å². The van der Waals surface area contributed by atoms with Gasteiger partial charge in [0.1, 0.15) is 12.6 Å². The molecule has 0 radical (unpaired) electrons. The Balaban J connectivity index is 1.96. The summed E-state index contributed by atoms with van der Waals surface area (Å²) in [7, 11) is 0. The molecule has 0 unspecified atom stereocenters. The van der Waals surface area contributed by atoms with Crippen LogP contribution in [0.5, 0.6) is 0 Å². The molecule has 1 aromatic carbocycles. The lowest BCUT2D eigenvalue weighted by atomic mass is 9.97. The van der Waals surface area contributed by atoms with Crippen LogP contribution < -0.4 is 5.32 Å². The van der Waals surface area contributed by atoms with Crippen molar-refractivity contribution in [2.75, 3.05) is 13.2 Å². The van der Waals surface area contributed by atoms with E-state index >= 15 is 0 Å². The van der Waals surface area contributed by atoms with Crippen molar-refractivity contribution in [1.29, 1.82) is 0 Å². The first-order valence-corrected chi connectivity index (χ1v) is 8.02. The predicted molar refractivity (Wildman–Crippen MR) is 84.5 cm³/mol. The normalized spacial score (nSPS) is 21.0. The minimum absolute atomic E-state index is 0.145. The van der Waals surface area contributed by atoms with Gasteiger partial charge in [0.2, 0.25) is 11.8 Å². The number of alkyl halides is 3. The number of halogens is 3. The van der Waals surface area contributed by atoms with Gasteiger partial charge in [-0.25, -0.2) is 0 Å². The van der Waals surface area contributed by atoms with E-state index in [2.05, 4.69) is 5.32 Å². The summed E-state index contributed by atoms with van der Waals surface area (Å²) >= 11 is 0. The van der Waals surface area contributed by atoms with Gasteiger partial charge in [-0.15, -0.1) is 0 Å². The molecule has 1 heterocycles. The first-order chi connectivity index (χ1) is 11.8. The van der Waals surface area contributed by atoms with Gasteiger partial charge in [0, 0.05) is 19.5 Å². The summed E-state index contributed by atoms with van der Waals surface area (Å²) < 4.78 is 44.9. The van der Waals surface area contributed by atoms with E-state index in [9.17, 15) is 22.8 Å². The average molecular weight is 358 g/mol. The first kappa shape index (κ1) is 19.2. The van der Waals surface area contributed by atoms with Crippen molar-refractivity contribution in [2.24, 2.45) is 0 Å². The topological polar surface area (TPSA) is 58.6 Å². The van der Waals surface area contributed by atoms with Crippen molar-refractivity contribution in [1.82, 2.24) is 10.2 Å². The molecule has 8 heteroatoms.